The summed E-state index contributed by atoms with van der Waals surface area (Å²) >= 11 is 0. The largest absolute Gasteiger partial charge is 0.395 e. The van der Waals surface area contributed by atoms with Crippen LogP contribution in [0.2, 0.25) is 0 Å². The first-order chi connectivity index (χ1) is 11.4. The fourth-order valence-corrected chi connectivity index (χ4v) is 4.48. The van der Waals surface area contributed by atoms with E-state index >= 15 is 0 Å². The van der Waals surface area contributed by atoms with E-state index in [1.54, 1.807) is 29.2 Å². The minimum atomic E-state index is -3.50. The van der Waals surface area contributed by atoms with Gasteiger partial charge in [0, 0.05) is 32.1 Å². The Hall–Kier alpha value is -1.44. The fraction of sp³-hybridized carbons (Fsp3) is 0.588. The van der Waals surface area contributed by atoms with Gasteiger partial charge < -0.3 is 10.0 Å². The Morgan fingerprint density at radius 2 is 1.83 bits per heavy atom. The van der Waals surface area contributed by atoms with Crippen molar-refractivity contribution in [2.75, 3.05) is 32.8 Å². The third-order valence-electron chi connectivity index (χ3n) is 4.53. The highest BCUT2D eigenvalue weighted by atomic mass is 32.2. The Morgan fingerprint density at radius 1 is 1.25 bits per heavy atom. The normalized spacial score (nSPS) is 17.0. The highest BCUT2D eigenvalue weighted by Crippen LogP contribution is 2.25. The Kier molecular flexibility index (Phi) is 6.37. The van der Waals surface area contributed by atoms with Gasteiger partial charge in [-0.3, -0.25) is 4.79 Å². The average Bonchev–Trinajstić information content (AvgIpc) is 2.59. The van der Waals surface area contributed by atoms with Crippen LogP contribution in [0.1, 0.15) is 25.3 Å². The van der Waals surface area contributed by atoms with Crippen molar-refractivity contribution < 1.29 is 18.3 Å². The second-order valence-corrected chi connectivity index (χ2v) is 8.07. The first-order valence-corrected chi connectivity index (χ1v) is 9.80. The van der Waals surface area contributed by atoms with Crippen molar-refractivity contribution in [3.05, 3.63) is 29.8 Å². The van der Waals surface area contributed by atoms with Crippen molar-refractivity contribution in [3.63, 3.8) is 0 Å². The second kappa shape index (κ2) is 8.09. The first kappa shape index (κ1) is 18.9. The van der Waals surface area contributed by atoms with E-state index in [1.165, 1.54) is 4.31 Å². The molecule has 1 N–H and O–H groups in total. The molecule has 2 rings (SSSR count). The van der Waals surface area contributed by atoms with Crippen molar-refractivity contribution in [1.29, 1.82) is 0 Å². The lowest BCUT2D eigenvalue weighted by Crippen LogP contribution is -2.45. The minimum absolute atomic E-state index is 0.0129. The molecule has 0 atom stereocenters. The van der Waals surface area contributed by atoms with E-state index in [-0.39, 0.29) is 18.4 Å². The van der Waals surface area contributed by atoms with Crippen LogP contribution in [0.25, 0.3) is 0 Å². The zero-order chi connectivity index (χ0) is 17.7. The molecule has 1 saturated heterocycles. The van der Waals surface area contributed by atoms with Crippen LogP contribution in [0.5, 0.6) is 0 Å². The van der Waals surface area contributed by atoms with E-state index in [0.29, 0.717) is 43.9 Å². The number of hydrogen-bond donors (Lipinski definition) is 1. The number of nitrogens with zero attached hydrogens (tertiary/aromatic N) is 2. The smallest absolute Gasteiger partial charge is 0.243 e. The summed E-state index contributed by atoms with van der Waals surface area (Å²) < 4.78 is 26.8. The molecule has 0 aliphatic carbocycles. The number of carbonyl (C=O) groups is 1. The van der Waals surface area contributed by atoms with Gasteiger partial charge in [0.1, 0.15) is 0 Å². The molecule has 7 heteroatoms. The van der Waals surface area contributed by atoms with Crippen LogP contribution in [0.4, 0.5) is 0 Å². The van der Waals surface area contributed by atoms with Crippen molar-refractivity contribution >= 4 is 15.9 Å². The summed E-state index contributed by atoms with van der Waals surface area (Å²) in [6.45, 7) is 5.33. The van der Waals surface area contributed by atoms with E-state index in [0.717, 1.165) is 5.56 Å². The van der Waals surface area contributed by atoms with Crippen LogP contribution in [0, 0.1) is 12.8 Å². The van der Waals surface area contributed by atoms with Gasteiger partial charge in [-0.15, -0.1) is 0 Å². The summed E-state index contributed by atoms with van der Waals surface area (Å²) in [5.74, 6) is -0.153. The SMILES string of the molecule is CCN(CCO)C(=O)C1CCN(S(=O)(=O)c2ccc(C)cc2)CC1. The lowest BCUT2D eigenvalue weighted by molar-refractivity contribution is -0.137. The molecule has 1 aliphatic rings. The molecule has 0 saturated carbocycles. The number of aryl methyl sites for hydroxylation is 1. The van der Waals surface area contributed by atoms with Gasteiger partial charge in [-0.05, 0) is 38.8 Å². The Morgan fingerprint density at radius 3 is 2.33 bits per heavy atom. The van der Waals surface area contributed by atoms with Crippen LogP contribution in [-0.2, 0) is 14.8 Å². The lowest BCUT2D eigenvalue weighted by Gasteiger charge is -2.33. The minimum Gasteiger partial charge on any atom is -0.395 e. The molecule has 0 unspecified atom stereocenters. The maximum Gasteiger partial charge on any atom is 0.243 e. The predicted molar refractivity (Wildman–Crippen MR) is 92.0 cm³/mol. The Bertz CT molecular complexity index is 650. The number of piperidine rings is 1. The van der Waals surface area contributed by atoms with Crippen LogP contribution in [0.3, 0.4) is 0 Å². The number of benzene rings is 1. The molecule has 24 heavy (non-hydrogen) atoms. The van der Waals surface area contributed by atoms with E-state index in [4.69, 9.17) is 5.11 Å². The van der Waals surface area contributed by atoms with E-state index < -0.39 is 10.0 Å². The van der Waals surface area contributed by atoms with Gasteiger partial charge >= 0.3 is 0 Å². The maximum absolute atomic E-state index is 12.7. The highest BCUT2D eigenvalue weighted by Gasteiger charge is 2.33. The molecule has 1 aromatic carbocycles. The molecule has 0 radical (unpaired) electrons. The number of carbonyl (C=O) groups excluding carboxylic acids is 1. The number of aliphatic hydroxyl groups is 1. The third-order valence-corrected chi connectivity index (χ3v) is 6.44. The summed E-state index contributed by atoms with van der Waals surface area (Å²) in [6, 6.07) is 6.83. The summed E-state index contributed by atoms with van der Waals surface area (Å²) in [5.41, 5.74) is 1.02. The van der Waals surface area contributed by atoms with Gasteiger partial charge in [-0.2, -0.15) is 4.31 Å². The summed E-state index contributed by atoms with van der Waals surface area (Å²) in [4.78, 5) is 14.4. The van der Waals surface area contributed by atoms with Crippen molar-refractivity contribution in [1.82, 2.24) is 9.21 Å². The average molecular weight is 354 g/mol. The summed E-state index contributed by atoms with van der Waals surface area (Å²) in [5, 5.41) is 9.03. The second-order valence-electron chi connectivity index (χ2n) is 6.13. The molecule has 1 fully saturated rings. The van der Waals surface area contributed by atoms with Crippen molar-refractivity contribution in [2.45, 2.75) is 31.6 Å². The molecular formula is C17H26N2O4S. The van der Waals surface area contributed by atoms with Crippen LogP contribution in [-0.4, -0.2) is 61.4 Å². The lowest BCUT2D eigenvalue weighted by atomic mass is 9.96. The van der Waals surface area contributed by atoms with Gasteiger partial charge in [0.05, 0.1) is 11.5 Å². The number of hydrogen-bond acceptors (Lipinski definition) is 4. The molecule has 1 aromatic rings. The molecule has 0 bridgehead atoms. The molecule has 134 valence electrons. The molecular weight excluding hydrogens is 328 g/mol. The Balaban J connectivity index is 2.01. The van der Waals surface area contributed by atoms with Crippen molar-refractivity contribution in [3.8, 4) is 0 Å². The number of amides is 1. The van der Waals surface area contributed by atoms with E-state index in [1.807, 2.05) is 13.8 Å². The van der Waals surface area contributed by atoms with Crippen LogP contribution in [0.15, 0.2) is 29.2 Å². The van der Waals surface area contributed by atoms with Gasteiger partial charge in [-0.1, -0.05) is 17.7 Å². The number of aliphatic hydroxyl groups excluding tert-OH is 1. The third kappa shape index (κ3) is 4.15. The monoisotopic (exact) mass is 354 g/mol. The van der Waals surface area contributed by atoms with E-state index in [9.17, 15) is 13.2 Å². The van der Waals surface area contributed by atoms with Gasteiger partial charge in [0.2, 0.25) is 15.9 Å². The van der Waals surface area contributed by atoms with Crippen LogP contribution < -0.4 is 0 Å². The zero-order valence-electron chi connectivity index (χ0n) is 14.3. The van der Waals surface area contributed by atoms with Gasteiger partial charge in [0.15, 0.2) is 0 Å². The van der Waals surface area contributed by atoms with Gasteiger partial charge in [0.25, 0.3) is 0 Å². The molecule has 0 spiro atoms. The van der Waals surface area contributed by atoms with Gasteiger partial charge in [-0.25, -0.2) is 8.42 Å². The molecule has 6 nitrogen and oxygen atoms in total. The van der Waals surface area contributed by atoms with E-state index in [2.05, 4.69) is 0 Å². The standard InChI is InChI=1S/C17H26N2O4S/c1-3-18(12-13-20)17(21)15-8-10-19(11-9-15)24(22,23)16-6-4-14(2)5-7-16/h4-7,15,20H,3,8-13H2,1-2H3. The summed E-state index contributed by atoms with van der Waals surface area (Å²) in [6.07, 6.45) is 1.04. The highest BCUT2D eigenvalue weighted by molar-refractivity contribution is 7.89. The zero-order valence-corrected chi connectivity index (χ0v) is 15.1. The van der Waals surface area contributed by atoms with Crippen LogP contribution >= 0.6 is 0 Å². The number of rotatable bonds is 6. The Labute approximate surface area is 144 Å². The predicted octanol–water partition coefficient (Wildman–Crippen LogP) is 1.24. The molecule has 0 aromatic heterocycles. The summed E-state index contributed by atoms with van der Waals surface area (Å²) in [7, 11) is -3.50. The quantitative estimate of drug-likeness (QED) is 0.834. The molecule has 1 aliphatic heterocycles. The molecule has 1 amide bonds. The number of sulfonamides is 1. The maximum atomic E-state index is 12.7. The molecule has 1 heterocycles. The number of likely N-dealkylation sites (N-methyl/N-ethyl adjacent to an activating group) is 1. The fourth-order valence-electron chi connectivity index (χ4n) is 3.01. The topological polar surface area (TPSA) is 77.9 Å². The van der Waals surface area contributed by atoms with Crippen molar-refractivity contribution in [2.24, 2.45) is 5.92 Å². The first-order valence-electron chi connectivity index (χ1n) is 8.36.